The summed E-state index contributed by atoms with van der Waals surface area (Å²) >= 11 is 0. The zero-order valence-corrected chi connectivity index (χ0v) is 55.3. The number of hydrogen-bond acceptors (Lipinski definition) is 3. The molecule has 0 saturated carbocycles. The van der Waals surface area contributed by atoms with E-state index in [0.29, 0.717) is 0 Å². The third kappa shape index (κ3) is 10.3. The molecule has 0 radical (unpaired) electrons. The molecule has 0 fully saturated rings. The predicted molar refractivity (Wildman–Crippen MR) is 396 cm³/mol. The monoisotopic (exact) mass is 1190 g/mol. The minimum Gasteiger partial charge on any atom is -0.311 e. The molecule has 3 aliphatic heterocycles. The Bertz CT molecular complexity index is 4720. The van der Waals surface area contributed by atoms with Gasteiger partial charge in [0.15, 0.2) is 0 Å². The molecule has 92 heavy (non-hydrogen) atoms. The van der Waals surface area contributed by atoms with Crippen molar-refractivity contribution in [3.8, 4) is 66.8 Å². The van der Waals surface area contributed by atoms with E-state index in [0.717, 1.165) is 45.5 Å². The molecule has 12 aromatic carbocycles. The molecular weight excluding hydrogens is 1110 g/mol. The smallest absolute Gasteiger partial charge is 0.252 e. The lowest BCUT2D eigenvalue weighted by Gasteiger charge is -2.45. The second kappa shape index (κ2) is 21.9. The standard InChI is InChI=1S/C88H80BN3/c1-85(2,3)65-45-62(46-66(53-65)86(4,5)6)59-37-41-71(42-38-59)91-80-44-40-61(63-47-67(87(7,8)9)54-68(48-63)88(10,11)12)51-77(80)89-78-52-64(58-29-19-14-20-30-58)50-76-74-36-26-25-35-73(74)75-49-60(57-27-17-13-18-28-57)39-43-79(75)92(84(76)78)82-56-72(55-81(91)83(82)89)90(69-31-21-15-22-32-69)70-33-23-16-24-34-70/h13-56H,1-12H3. The third-order valence-corrected chi connectivity index (χ3v) is 19.5. The zero-order valence-electron chi connectivity index (χ0n) is 55.3. The average Bonchev–Trinajstić information content (AvgIpc) is 1.14. The molecule has 0 N–H and O–H groups in total. The van der Waals surface area contributed by atoms with E-state index >= 15 is 0 Å². The number of benzene rings is 12. The molecule has 12 aromatic rings. The molecular formula is C88H80BN3. The van der Waals surface area contributed by atoms with Gasteiger partial charge < -0.3 is 14.7 Å². The van der Waals surface area contributed by atoms with Crippen LogP contribution in [0.15, 0.2) is 267 Å². The van der Waals surface area contributed by atoms with E-state index in [1.54, 1.807) is 0 Å². The second-order valence-electron chi connectivity index (χ2n) is 29.9. The molecule has 3 nitrogen and oxygen atoms in total. The number of anilines is 9. The van der Waals surface area contributed by atoms with Crippen LogP contribution in [0.4, 0.5) is 51.2 Å². The maximum absolute atomic E-state index is 2.67. The molecule has 0 atom stereocenters. The Balaban J connectivity index is 1.08. The Labute approximate surface area is 546 Å². The van der Waals surface area contributed by atoms with Gasteiger partial charge in [-0.15, -0.1) is 0 Å². The first-order valence-corrected chi connectivity index (χ1v) is 32.9. The van der Waals surface area contributed by atoms with Gasteiger partial charge in [0.05, 0.1) is 11.4 Å². The highest BCUT2D eigenvalue weighted by Crippen LogP contribution is 2.56. The molecule has 15 rings (SSSR count). The summed E-state index contributed by atoms with van der Waals surface area (Å²) in [5, 5.41) is 0. The van der Waals surface area contributed by atoms with Crippen LogP contribution < -0.4 is 31.1 Å². The summed E-state index contributed by atoms with van der Waals surface area (Å²) in [5.74, 6) is 0. The van der Waals surface area contributed by atoms with E-state index in [1.807, 2.05) is 0 Å². The van der Waals surface area contributed by atoms with E-state index in [9.17, 15) is 0 Å². The molecule has 0 amide bonds. The summed E-state index contributed by atoms with van der Waals surface area (Å²) in [6.45, 7) is 27.9. The maximum Gasteiger partial charge on any atom is 0.252 e. The first kappa shape index (κ1) is 58.5. The van der Waals surface area contributed by atoms with Crippen LogP contribution in [0.25, 0.3) is 66.8 Å². The molecule has 0 bridgehead atoms. The number of rotatable bonds is 8. The van der Waals surface area contributed by atoms with Crippen molar-refractivity contribution in [2.45, 2.75) is 105 Å². The highest BCUT2D eigenvalue weighted by molar-refractivity contribution is 7.00. The van der Waals surface area contributed by atoms with Gasteiger partial charge in [-0.05, 0) is 189 Å². The van der Waals surface area contributed by atoms with Crippen molar-refractivity contribution in [2.75, 3.05) is 14.7 Å². The Morgan fingerprint density at radius 3 is 1.15 bits per heavy atom. The molecule has 3 aliphatic rings. The fraction of sp³-hybridized carbons (Fsp3) is 0.182. The number of hydrogen-bond donors (Lipinski definition) is 0. The highest BCUT2D eigenvalue weighted by Gasteiger charge is 2.47. The topological polar surface area (TPSA) is 9.72 Å². The van der Waals surface area contributed by atoms with Crippen LogP contribution in [0.1, 0.15) is 105 Å². The lowest BCUT2D eigenvalue weighted by Crippen LogP contribution is -2.61. The quantitative estimate of drug-likeness (QED) is 0.140. The normalized spacial score (nSPS) is 13.2. The van der Waals surface area contributed by atoms with Crippen LogP contribution in [0.3, 0.4) is 0 Å². The Hall–Kier alpha value is -9.90. The largest absolute Gasteiger partial charge is 0.311 e. The van der Waals surface area contributed by atoms with Crippen LogP contribution >= 0.6 is 0 Å². The van der Waals surface area contributed by atoms with Gasteiger partial charge in [0, 0.05) is 50.9 Å². The number of nitrogens with zero attached hydrogens (tertiary/aromatic N) is 3. The van der Waals surface area contributed by atoms with Gasteiger partial charge in [-0.2, -0.15) is 0 Å². The molecule has 4 heteroatoms. The third-order valence-electron chi connectivity index (χ3n) is 19.5. The van der Waals surface area contributed by atoms with Crippen molar-refractivity contribution in [3.63, 3.8) is 0 Å². The molecule has 0 unspecified atom stereocenters. The zero-order chi connectivity index (χ0) is 63.6. The second-order valence-corrected chi connectivity index (χ2v) is 29.9. The van der Waals surface area contributed by atoms with Gasteiger partial charge in [0.2, 0.25) is 0 Å². The molecule has 0 spiro atoms. The van der Waals surface area contributed by atoms with E-state index in [-0.39, 0.29) is 28.4 Å². The van der Waals surface area contributed by atoms with Gasteiger partial charge >= 0.3 is 0 Å². The Morgan fingerprint density at radius 2 is 0.641 bits per heavy atom. The number of para-hydroxylation sites is 2. The molecule has 0 aromatic heterocycles. The van der Waals surface area contributed by atoms with Gasteiger partial charge in [-0.25, -0.2) is 0 Å². The SMILES string of the molecule is CC(C)(C)c1cc(-c2ccc(N3c4ccc(-c5cc(C(C)(C)C)cc(C(C)(C)C)c5)cc4B4c5cc(-c6ccccc6)cc6c5N(c5ccc(-c7ccccc7)cc5-c5ccccc5-6)c5cc(N(c6ccccc6)c6ccccc6)cc3c54)cc2)cc(C(C)(C)C)c1. The van der Waals surface area contributed by atoms with Crippen LogP contribution in [0.5, 0.6) is 0 Å². The lowest BCUT2D eigenvalue weighted by atomic mass is 9.33. The van der Waals surface area contributed by atoms with Crippen LogP contribution in [0, 0.1) is 0 Å². The first-order chi connectivity index (χ1) is 44.1. The molecule has 3 heterocycles. The van der Waals surface area contributed by atoms with Gasteiger partial charge in [0.25, 0.3) is 6.71 Å². The maximum atomic E-state index is 2.67. The van der Waals surface area contributed by atoms with E-state index in [1.165, 1.54) is 111 Å². The van der Waals surface area contributed by atoms with Crippen LogP contribution in [-0.2, 0) is 21.7 Å². The summed E-state index contributed by atoms with van der Waals surface area (Å²) in [7, 11) is 0. The summed E-state index contributed by atoms with van der Waals surface area (Å²) in [6, 6.07) is 102. The Morgan fingerprint density at radius 1 is 0.261 bits per heavy atom. The summed E-state index contributed by atoms with van der Waals surface area (Å²) in [4.78, 5) is 7.73. The summed E-state index contributed by atoms with van der Waals surface area (Å²) in [5.41, 5.74) is 33.6. The first-order valence-electron chi connectivity index (χ1n) is 32.9. The fourth-order valence-electron chi connectivity index (χ4n) is 14.4. The van der Waals surface area contributed by atoms with Gasteiger partial charge in [0.1, 0.15) is 0 Å². The predicted octanol–water partition coefficient (Wildman–Crippen LogP) is 22.7. The Kier molecular flexibility index (Phi) is 13.9. The summed E-state index contributed by atoms with van der Waals surface area (Å²) in [6.07, 6.45) is 0. The van der Waals surface area contributed by atoms with Crippen molar-refractivity contribution in [2.24, 2.45) is 0 Å². The van der Waals surface area contributed by atoms with Crippen molar-refractivity contribution >= 4 is 74.3 Å². The van der Waals surface area contributed by atoms with Crippen molar-refractivity contribution in [1.82, 2.24) is 0 Å². The van der Waals surface area contributed by atoms with Gasteiger partial charge in [-0.1, -0.05) is 277 Å². The lowest BCUT2D eigenvalue weighted by molar-refractivity contribution is 0.568. The molecule has 0 saturated heterocycles. The molecule has 450 valence electrons. The van der Waals surface area contributed by atoms with E-state index in [2.05, 4.69) is 365 Å². The van der Waals surface area contributed by atoms with Crippen molar-refractivity contribution < 1.29 is 0 Å². The van der Waals surface area contributed by atoms with Gasteiger partial charge in [-0.3, -0.25) is 0 Å². The average molecular weight is 1190 g/mol. The van der Waals surface area contributed by atoms with Crippen molar-refractivity contribution in [1.29, 1.82) is 0 Å². The summed E-state index contributed by atoms with van der Waals surface area (Å²) < 4.78 is 0. The molecule has 0 aliphatic carbocycles. The van der Waals surface area contributed by atoms with Crippen molar-refractivity contribution in [3.05, 3.63) is 289 Å². The highest BCUT2D eigenvalue weighted by atomic mass is 15.2. The minimum atomic E-state index is -0.198. The van der Waals surface area contributed by atoms with Crippen LogP contribution in [0.2, 0.25) is 0 Å². The van der Waals surface area contributed by atoms with E-state index in [4.69, 9.17) is 0 Å². The number of fused-ring (bicyclic) bond motifs is 9. The minimum absolute atomic E-state index is 0.0230. The fourth-order valence-corrected chi connectivity index (χ4v) is 14.4. The van der Waals surface area contributed by atoms with E-state index < -0.39 is 0 Å². The van der Waals surface area contributed by atoms with Crippen LogP contribution in [-0.4, -0.2) is 6.71 Å².